The van der Waals surface area contributed by atoms with Gasteiger partial charge >= 0.3 is 5.97 Å². The van der Waals surface area contributed by atoms with Crippen molar-refractivity contribution in [1.82, 2.24) is 0 Å². The minimum absolute atomic E-state index is 0.154. The molecule has 0 aromatic heterocycles. The summed E-state index contributed by atoms with van der Waals surface area (Å²) in [5.74, 6) is -0.328. The first-order valence-electron chi connectivity index (χ1n) is 8.39. The largest absolute Gasteiger partial charge is 0.453 e. The lowest BCUT2D eigenvalue weighted by Crippen LogP contribution is -2.38. The van der Waals surface area contributed by atoms with Crippen LogP contribution in [0, 0.1) is 0 Å². The zero-order valence-electron chi connectivity index (χ0n) is 13.6. The predicted molar refractivity (Wildman–Crippen MR) is 88.6 cm³/mol. The summed E-state index contributed by atoms with van der Waals surface area (Å²) in [5.41, 5.74) is 2.83. The third kappa shape index (κ3) is 2.62. The quantitative estimate of drug-likeness (QED) is 0.808. The summed E-state index contributed by atoms with van der Waals surface area (Å²) < 4.78 is 18.0. The van der Waals surface area contributed by atoms with Crippen LogP contribution in [0.4, 0.5) is 0 Å². The lowest BCUT2D eigenvalue weighted by Gasteiger charge is -2.29. The minimum Gasteiger partial charge on any atom is -0.453 e. The molecule has 2 aromatic rings. The van der Waals surface area contributed by atoms with Crippen LogP contribution in [-0.2, 0) is 20.8 Å². The molecule has 0 aliphatic carbocycles. The van der Waals surface area contributed by atoms with Crippen molar-refractivity contribution in [3.8, 4) is 0 Å². The number of carbonyl (C=O) groups excluding carboxylic acids is 1. The van der Waals surface area contributed by atoms with Crippen molar-refractivity contribution in [2.45, 2.75) is 44.4 Å². The molecule has 2 aromatic carbocycles. The first-order valence-corrected chi connectivity index (χ1v) is 8.39. The van der Waals surface area contributed by atoms with E-state index in [2.05, 4.69) is 12.1 Å². The summed E-state index contributed by atoms with van der Waals surface area (Å²) in [6.07, 6.45) is -0.198. The van der Waals surface area contributed by atoms with E-state index >= 15 is 0 Å². The zero-order valence-corrected chi connectivity index (χ0v) is 13.6. The van der Waals surface area contributed by atoms with Gasteiger partial charge in [0.2, 0.25) is 0 Å². The van der Waals surface area contributed by atoms with Crippen LogP contribution in [-0.4, -0.2) is 24.3 Å². The van der Waals surface area contributed by atoms with Crippen LogP contribution < -0.4 is 0 Å². The Balaban J connectivity index is 1.58. The highest BCUT2D eigenvalue weighted by atomic mass is 16.6. The highest BCUT2D eigenvalue weighted by Crippen LogP contribution is 2.43. The molecule has 0 radical (unpaired) electrons. The molecule has 1 saturated heterocycles. The Morgan fingerprint density at radius 2 is 1.88 bits per heavy atom. The maximum absolute atomic E-state index is 12.4. The number of carbonyl (C=O) groups is 1. The molecule has 4 heteroatoms. The first-order chi connectivity index (χ1) is 11.8. The molecule has 1 fully saturated rings. The molecule has 4 nitrogen and oxygen atoms in total. The fourth-order valence-corrected chi connectivity index (χ4v) is 3.53. The van der Waals surface area contributed by atoms with Gasteiger partial charge in [0, 0.05) is 0 Å². The molecule has 0 bridgehead atoms. The summed E-state index contributed by atoms with van der Waals surface area (Å²) in [4.78, 5) is 12.4. The van der Waals surface area contributed by atoms with E-state index in [0.29, 0.717) is 12.2 Å². The Hall–Kier alpha value is -2.17. The van der Waals surface area contributed by atoms with Gasteiger partial charge < -0.3 is 14.2 Å². The topological polar surface area (TPSA) is 44.8 Å². The van der Waals surface area contributed by atoms with Crippen molar-refractivity contribution < 1.29 is 19.0 Å². The smallest absolute Gasteiger partial charge is 0.338 e. The molecule has 4 rings (SSSR count). The van der Waals surface area contributed by atoms with E-state index in [1.807, 2.05) is 37.3 Å². The van der Waals surface area contributed by atoms with Crippen LogP contribution in [0.5, 0.6) is 0 Å². The summed E-state index contributed by atoms with van der Waals surface area (Å²) in [6.45, 7) is 2.56. The van der Waals surface area contributed by atoms with Gasteiger partial charge in [0.1, 0.15) is 12.2 Å². The van der Waals surface area contributed by atoms with Crippen LogP contribution >= 0.6 is 0 Å². The van der Waals surface area contributed by atoms with Gasteiger partial charge in [-0.15, -0.1) is 0 Å². The Morgan fingerprint density at radius 3 is 2.67 bits per heavy atom. The van der Waals surface area contributed by atoms with E-state index < -0.39 is 0 Å². The van der Waals surface area contributed by atoms with E-state index in [0.717, 1.165) is 17.5 Å². The lowest BCUT2D eigenvalue weighted by atomic mass is 9.94. The average molecular weight is 324 g/mol. The second-order valence-corrected chi connectivity index (χ2v) is 6.21. The van der Waals surface area contributed by atoms with Gasteiger partial charge in [0.05, 0.1) is 18.3 Å². The van der Waals surface area contributed by atoms with E-state index in [9.17, 15) is 4.79 Å². The fraction of sp³-hybridized carbons (Fsp3) is 0.350. The third-order valence-electron chi connectivity index (χ3n) is 4.76. The number of esters is 1. The monoisotopic (exact) mass is 324 g/mol. The molecular formula is C20H20O4. The van der Waals surface area contributed by atoms with Crippen molar-refractivity contribution in [2.75, 3.05) is 0 Å². The Labute approximate surface area is 141 Å². The molecule has 24 heavy (non-hydrogen) atoms. The number of ether oxygens (including phenoxy) is 3. The Bertz CT molecular complexity index is 727. The van der Waals surface area contributed by atoms with Crippen molar-refractivity contribution in [2.24, 2.45) is 0 Å². The maximum atomic E-state index is 12.4. The van der Waals surface area contributed by atoms with Crippen LogP contribution in [0.25, 0.3) is 0 Å². The number of hydrogen-bond acceptors (Lipinski definition) is 4. The fourth-order valence-electron chi connectivity index (χ4n) is 3.53. The number of hydrogen-bond donors (Lipinski definition) is 0. The van der Waals surface area contributed by atoms with Gasteiger partial charge in [0.25, 0.3) is 0 Å². The van der Waals surface area contributed by atoms with Crippen molar-refractivity contribution in [3.63, 3.8) is 0 Å². The van der Waals surface area contributed by atoms with Gasteiger partial charge in [-0.3, -0.25) is 0 Å². The molecule has 0 N–H and O–H groups in total. The summed E-state index contributed by atoms with van der Waals surface area (Å²) in [7, 11) is 0. The van der Waals surface area contributed by atoms with E-state index in [4.69, 9.17) is 14.2 Å². The normalized spacial score (nSPS) is 28.0. The molecule has 2 aliphatic rings. The number of rotatable bonds is 3. The van der Waals surface area contributed by atoms with Crippen LogP contribution in [0.3, 0.4) is 0 Å². The van der Waals surface area contributed by atoms with Crippen LogP contribution in [0.15, 0.2) is 54.6 Å². The SMILES string of the molecule is CC[C@H]1O[C@@H]2c3ccccc3CO[C@@H]2[C@H]1OC(=O)c1ccccc1. The predicted octanol–water partition coefficient (Wildman–Crippen LogP) is 3.66. The second-order valence-electron chi connectivity index (χ2n) is 6.21. The van der Waals surface area contributed by atoms with Crippen molar-refractivity contribution in [3.05, 3.63) is 71.3 Å². The molecule has 0 spiro atoms. The molecule has 4 atom stereocenters. The van der Waals surface area contributed by atoms with Gasteiger partial charge in [0.15, 0.2) is 6.10 Å². The van der Waals surface area contributed by atoms with Crippen molar-refractivity contribution in [1.29, 1.82) is 0 Å². The number of benzene rings is 2. The lowest BCUT2D eigenvalue weighted by molar-refractivity contribution is -0.0669. The highest BCUT2D eigenvalue weighted by Gasteiger charge is 2.49. The van der Waals surface area contributed by atoms with Crippen LogP contribution in [0.1, 0.15) is 40.9 Å². The summed E-state index contributed by atoms with van der Waals surface area (Å²) in [5, 5.41) is 0. The second kappa shape index (κ2) is 6.38. The molecule has 2 heterocycles. The van der Waals surface area contributed by atoms with Crippen molar-refractivity contribution >= 4 is 5.97 Å². The molecule has 124 valence electrons. The first kappa shape index (κ1) is 15.4. The van der Waals surface area contributed by atoms with E-state index in [1.54, 1.807) is 12.1 Å². The van der Waals surface area contributed by atoms with Gasteiger partial charge in [-0.2, -0.15) is 0 Å². The highest BCUT2D eigenvalue weighted by molar-refractivity contribution is 5.89. The molecule has 0 amide bonds. The van der Waals surface area contributed by atoms with E-state index in [1.165, 1.54) is 0 Å². The standard InChI is InChI=1S/C20H20O4/c1-2-16-18(24-20(21)13-8-4-3-5-9-13)19-17(23-16)15-11-7-6-10-14(15)12-22-19/h3-11,16-19H,2,12H2,1H3/t16-,17-,18+,19+/m1/s1. The minimum atomic E-state index is -0.388. The maximum Gasteiger partial charge on any atom is 0.338 e. The number of fused-ring (bicyclic) bond motifs is 3. The molecular weight excluding hydrogens is 304 g/mol. The van der Waals surface area contributed by atoms with Gasteiger partial charge in [-0.1, -0.05) is 49.4 Å². The average Bonchev–Trinajstić information content (AvgIpc) is 3.00. The van der Waals surface area contributed by atoms with E-state index in [-0.39, 0.29) is 30.4 Å². The van der Waals surface area contributed by atoms with Gasteiger partial charge in [-0.05, 0) is 29.7 Å². The molecule has 0 saturated carbocycles. The Kier molecular flexibility index (Phi) is 4.08. The van der Waals surface area contributed by atoms with Crippen LogP contribution in [0.2, 0.25) is 0 Å². The summed E-state index contributed by atoms with van der Waals surface area (Å²) >= 11 is 0. The van der Waals surface area contributed by atoms with Gasteiger partial charge in [-0.25, -0.2) is 4.79 Å². The third-order valence-corrected chi connectivity index (χ3v) is 4.76. The summed E-state index contributed by atoms with van der Waals surface area (Å²) in [6, 6.07) is 17.2. The Morgan fingerprint density at radius 1 is 1.12 bits per heavy atom. The molecule has 0 unspecified atom stereocenters. The zero-order chi connectivity index (χ0) is 16.5. The molecule has 2 aliphatic heterocycles.